The zero-order chi connectivity index (χ0) is 14.5. The van der Waals surface area contributed by atoms with E-state index in [1.807, 2.05) is 29.2 Å². The zero-order valence-corrected chi connectivity index (χ0v) is 13.3. The predicted molar refractivity (Wildman–Crippen MR) is 86.1 cm³/mol. The monoisotopic (exact) mass is 387 g/mol. The van der Waals surface area contributed by atoms with Crippen LogP contribution in [-0.4, -0.2) is 36.3 Å². The van der Waals surface area contributed by atoms with Crippen LogP contribution < -0.4 is 11.1 Å². The van der Waals surface area contributed by atoms with Gasteiger partial charge in [-0.25, -0.2) is 0 Å². The van der Waals surface area contributed by atoms with Crippen molar-refractivity contribution in [3.63, 3.8) is 0 Å². The molecule has 1 atom stereocenters. The number of anilines is 1. The molecule has 0 aromatic heterocycles. The van der Waals surface area contributed by atoms with Crippen LogP contribution in [0, 0.1) is 9.49 Å². The van der Waals surface area contributed by atoms with Crippen LogP contribution in [0.2, 0.25) is 0 Å². The lowest BCUT2D eigenvalue weighted by atomic mass is 9.97. The fourth-order valence-electron chi connectivity index (χ4n) is 2.39. The number of nitrogens with one attached hydrogen (secondary N) is 1. The van der Waals surface area contributed by atoms with Gasteiger partial charge in [-0.3, -0.25) is 14.5 Å². The third kappa shape index (κ3) is 4.17. The highest BCUT2D eigenvalue weighted by Crippen LogP contribution is 2.18. The molecule has 1 aromatic carbocycles. The third-order valence-corrected chi connectivity index (χ3v) is 4.36. The second-order valence-electron chi connectivity index (χ2n) is 5.00. The van der Waals surface area contributed by atoms with E-state index in [9.17, 15) is 9.59 Å². The highest BCUT2D eigenvalue weighted by atomic mass is 127. The van der Waals surface area contributed by atoms with Crippen LogP contribution >= 0.6 is 22.6 Å². The minimum atomic E-state index is -0.271. The average molecular weight is 387 g/mol. The number of amides is 2. The summed E-state index contributed by atoms with van der Waals surface area (Å²) < 4.78 is 1.01. The van der Waals surface area contributed by atoms with Gasteiger partial charge in [-0.1, -0.05) is 12.1 Å². The maximum Gasteiger partial charge on any atom is 0.238 e. The summed E-state index contributed by atoms with van der Waals surface area (Å²) in [7, 11) is 0. The molecular formula is C14H18IN3O2. The summed E-state index contributed by atoms with van der Waals surface area (Å²) in [4.78, 5) is 25.2. The Morgan fingerprint density at radius 1 is 1.40 bits per heavy atom. The number of likely N-dealkylation sites (tertiary alicyclic amines) is 1. The molecule has 1 aliphatic heterocycles. The van der Waals surface area contributed by atoms with E-state index in [2.05, 4.69) is 27.9 Å². The first-order valence-electron chi connectivity index (χ1n) is 6.62. The highest BCUT2D eigenvalue weighted by Gasteiger charge is 2.25. The molecule has 2 rings (SSSR count). The first kappa shape index (κ1) is 15.2. The summed E-state index contributed by atoms with van der Waals surface area (Å²) in [6.07, 6.45) is 1.73. The standard InChI is InChI=1S/C14H18IN3O2/c15-11-5-1-2-6-12(11)17-13(19)9-18-7-3-4-10(8-18)14(16)20/h1-2,5-6,10H,3-4,7-9H2,(H2,16,20)(H,17,19)/t10-/m0/s1. The van der Waals surface area contributed by atoms with Crippen LogP contribution in [0.3, 0.4) is 0 Å². The molecule has 108 valence electrons. The molecule has 1 aliphatic rings. The minimum Gasteiger partial charge on any atom is -0.369 e. The molecule has 0 spiro atoms. The van der Waals surface area contributed by atoms with Gasteiger partial charge in [0.1, 0.15) is 0 Å². The Balaban J connectivity index is 1.88. The lowest BCUT2D eigenvalue weighted by molar-refractivity contribution is -0.125. The van der Waals surface area contributed by atoms with Crippen molar-refractivity contribution in [1.29, 1.82) is 0 Å². The van der Waals surface area contributed by atoms with E-state index in [0.29, 0.717) is 13.1 Å². The molecule has 2 amide bonds. The van der Waals surface area contributed by atoms with Crippen molar-refractivity contribution in [1.82, 2.24) is 4.90 Å². The van der Waals surface area contributed by atoms with Crippen molar-refractivity contribution in [2.45, 2.75) is 12.8 Å². The van der Waals surface area contributed by atoms with E-state index < -0.39 is 0 Å². The van der Waals surface area contributed by atoms with Crippen LogP contribution in [0.25, 0.3) is 0 Å². The van der Waals surface area contributed by atoms with Crippen molar-refractivity contribution in [2.75, 3.05) is 25.0 Å². The second kappa shape index (κ2) is 7.03. The van der Waals surface area contributed by atoms with Gasteiger partial charge in [0.15, 0.2) is 0 Å². The first-order chi connectivity index (χ1) is 9.56. The number of primary amides is 1. The van der Waals surface area contributed by atoms with Crippen LogP contribution in [0.15, 0.2) is 24.3 Å². The third-order valence-electron chi connectivity index (χ3n) is 3.42. The molecule has 3 N–H and O–H groups in total. The maximum absolute atomic E-state index is 12.0. The molecule has 0 saturated carbocycles. The Kier molecular flexibility index (Phi) is 5.36. The fraction of sp³-hybridized carbons (Fsp3) is 0.429. The Bertz CT molecular complexity index is 507. The number of halogens is 1. The van der Waals surface area contributed by atoms with Gasteiger partial charge in [0.2, 0.25) is 11.8 Å². The average Bonchev–Trinajstić information content (AvgIpc) is 2.41. The largest absolute Gasteiger partial charge is 0.369 e. The number of carbonyl (C=O) groups excluding carboxylic acids is 2. The number of para-hydroxylation sites is 1. The van der Waals surface area contributed by atoms with E-state index in [4.69, 9.17) is 5.73 Å². The number of nitrogens with zero attached hydrogens (tertiary/aromatic N) is 1. The zero-order valence-electron chi connectivity index (χ0n) is 11.1. The topological polar surface area (TPSA) is 75.4 Å². The Morgan fingerprint density at radius 3 is 2.85 bits per heavy atom. The number of nitrogens with two attached hydrogens (primary N) is 1. The van der Waals surface area contributed by atoms with Crippen LogP contribution in [0.1, 0.15) is 12.8 Å². The number of benzene rings is 1. The number of carbonyl (C=O) groups is 2. The summed E-state index contributed by atoms with van der Waals surface area (Å²) in [6.45, 7) is 1.71. The van der Waals surface area contributed by atoms with Crippen molar-refractivity contribution in [2.24, 2.45) is 11.7 Å². The molecule has 0 radical (unpaired) electrons. The number of piperidine rings is 1. The molecule has 1 fully saturated rings. The molecular weight excluding hydrogens is 369 g/mol. The molecule has 0 bridgehead atoms. The Labute approximate surface area is 132 Å². The molecule has 1 heterocycles. The van der Waals surface area contributed by atoms with Gasteiger partial charge in [-0.05, 0) is 54.1 Å². The Morgan fingerprint density at radius 2 is 2.15 bits per heavy atom. The molecule has 1 aromatic rings. The van der Waals surface area contributed by atoms with Gasteiger partial charge >= 0.3 is 0 Å². The van der Waals surface area contributed by atoms with E-state index >= 15 is 0 Å². The second-order valence-corrected chi connectivity index (χ2v) is 6.17. The summed E-state index contributed by atoms with van der Waals surface area (Å²) >= 11 is 2.19. The summed E-state index contributed by atoms with van der Waals surface area (Å²) in [6, 6.07) is 7.64. The number of rotatable bonds is 4. The normalized spacial score (nSPS) is 19.6. The molecule has 20 heavy (non-hydrogen) atoms. The van der Waals surface area contributed by atoms with Crippen molar-refractivity contribution in [3.8, 4) is 0 Å². The van der Waals surface area contributed by atoms with Crippen LogP contribution in [-0.2, 0) is 9.59 Å². The molecule has 0 aliphatic carbocycles. The smallest absolute Gasteiger partial charge is 0.238 e. The van der Waals surface area contributed by atoms with Gasteiger partial charge < -0.3 is 11.1 Å². The van der Waals surface area contributed by atoms with Gasteiger partial charge in [-0.15, -0.1) is 0 Å². The van der Waals surface area contributed by atoms with Crippen molar-refractivity contribution in [3.05, 3.63) is 27.8 Å². The first-order valence-corrected chi connectivity index (χ1v) is 7.70. The minimum absolute atomic E-state index is 0.0563. The lowest BCUT2D eigenvalue weighted by Crippen LogP contribution is -2.44. The van der Waals surface area contributed by atoms with E-state index in [-0.39, 0.29) is 17.7 Å². The molecule has 0 unspecified atom stereocenters. The van der Waals surface area contributed by atoms with Gasteiger partial charge in [0.25, 0.3) is 0 Å². The van der Waals surface area contributed by atoms with Gasteiger partial charge in [0.05, 0.1) is 18.2 Å². The van der Waals surface area contributed by atoms with Gasteiger partial charge in [-0.2, -0.15) is 0 Å². The number of hydrogen-bond acceptors (Lipinski definition) is 3. The maximum atomic E-state index is 12.0. The van der Waals surface area contributed by atoms with Crippen LogP contribution in [0.5, 0.6) is 0 Å². The van der Waals surface area contributed by atoms with Gasteiger partial charge in [0, 0.05) is 10.1 Å². The van der Waals surface area contributed by atoms with Crippen molar-refractivity contribution < 1.29 is 9.59 Å². The summed E-state index contributed by atoms with van der Waals surface area (Å²) in [5.41, 5.74) is 6.16. The predicted octanol–water partition coefficient (Wildman–Crippen LogP) is 1.43. The van der Waals surface area contributed by atoms with E-state index in [0.717, 1.165) is 28.6 Å². The lowest BCUT2D eigenvalue weighted by Gasteiger charge is -2.30. The molecule has 5 nitrogen and oxygen atoms in total. The Hall–Kier alpha value is -1.15. The van der Waals surface area contributed by atoms with E-state index in [1.165, 1.54) is 0 Å². The van der Waals surface area contributed by atoms with Crippen molar-refractivity contribution >= 4 is 40.1 Å². The highest BCUT2D eigenvalue weighted by molar-refractivity contribution is 14.1. The van der Waals surface area contributed by atoms with E-state index in [1.54, 1.807) is 0 Å². The quantitative estimate of drug-likeness (QED) is 0.768. The SMILES string of the molecule is NC(=O)[C@H]1CCCN(CC(=O)Nc2ccccc2I)C1. The summed E-state index contributed by atoms with van der Waals surface area (Å²) in [5.74, 6) is -0.458. The molecule has 6 heteroatoms. The summed E-state index contributed by atoms with van der Waals surface area (Å²) in [5, 5.41) is 2.90. The fourth-order valence-corrected chi connectivity index (χ4v) is 2.91. The number of hydrogen-bond donors (Lipinski definition) is 2. The molecule has 1 saturated heterocycles. The van der Waals surface area contributed by atoms with Crippen LogP contribution in [0.4, 0.5) is 5.69 Å².